The molecular weight excluding hydrogens is 426 g/mol. The Hall–Kier alpha value is -1.83. The minimum atomic E-state index is -0.182. The van der Waals surface area contributed by atoms with Gasteiger partial charge >= 0.3 is 0 Å². The first-order valence-electron chi connectivity index (χ1n) is 7.29. The number of carbonyl (C=O) groups excluding carboxylic acids is 1. The average molecular weight is 439 g/mol. The fourth-order valence-corrected chi connectivity index (χ4v) is 2.97. The largest absolute Gasteiger partial charge is 0.411 e. The third kappa shape index (κ3) is 4.84. The minimum absolute atomic E-state index is 0.156. The highest BCUT2D eigenvalue weighted by atomic mass is 79.9. The Morgan fingerprint density at radius 2 is 2.00 bits per heavy atom. The minimum Gasteiger partial charge on any atom is -0.411 e. The van der Waals surface area contributed by atoms with E-state index in [1.165, 1.54) is 11.8 Å². The van der Waals surface area contributed by atoms with Gasteiger partial charge in [-0.3, -0.25) is 4.79 Å². The SMILES string of the molecule is Cc1ccc(-c2nnc(SCC(=O)Nc3ccc(Br)c(Cl)c3)o2)cc1. The number of hydrogen-bond donors (Lipinski definition) is 1. The lowest BCUT2D eigenvalue weighted by Gasteiger charge is -2.05. The lowest BCUT2D eigenvalue weighted by atomic mass is 10.1. The quantitative estimate of drug-likeness (QED) is 0.555. The van der Waals surface area contributed by atoms with Gasteiger partial charge in [0.05, 0.1) is 10.8 Å². The van der Waals surface area contributed by atoms with Gasteiger partial charge in [0.2, 0.25) is 11.8 Å². The molecule has 0 saturated heterocycles. The highest BCUT2D eigenvalue weighted by Crippen LogP contribution is 2.26. The van der Waals surface area contributed by atoms with Crippen molar-refractivity contribution < 1.29 is 9.21 Å². The smallest absolute Gasteiger partial charge is 0.277 e. The van der Waals surface area contributed by atoms with E-state index < -0.39 is 0 Å². The van der Waals surface area contributed by atoms with Crippen molar-refractivity contribution >= 4 is 50.9 Å². The maximum atomic E-state index is 12.0. The zero-order valence-corrected chi connectivity index (χ0v) is 16.3. The van der Waals surface area contributed by atoms with Gasteiger partial charge in [0.1, 0.15) is 0 Å². The number of aryl methyl sites for hydroxylation is 1. The van der Waals surface area contributed by atoms with Gasteiger partial charge in [0.25, 0.3) is 5.22 Å². The van der Waals surface area contributed by atoms with E-state index in [1.807, 2.05) is 31.2 Å². The van der Waals surface area contributed by atoms with Gasteiger partial charge in [0.15, 0.2) is 0 Å². The topological polar surface area (TPSA) is 68.0 Å². The molecule has 25 heavy (non-hydrogen) atoms. The van der Waals surface area contributed by atoms with Crippen LogP contribution >= 0.6 is 39.3 Å². The van der Waals surface area contributed by atoms with Gasteiger partial charge in [-0.05, 0) is 53.2 Å². The van der Waals surface area contributed by atoms with Crippen molar-refractivity contribution in [2.45, 2.75) is 12.1 Å². The zero-order chi connectivity index (χ0) is 17.8. The average Bonchev–Trinajstić information content (AvgIpc) is 3.06. The van der Waals surface area contributed by atoms with Crippen molar-refractivity contribution in [3.05, 3.63) is 57.5 Å². The number of benzene rings is 2. The molecule has 0 aliphatic heterocycles. The van der Waals surface area contributed by atoms with E-state index >= 15 is 0 Å². The van der Waals surface area contributed by atoms with Crippen LogP contribution in [-0.4, -0.2) is 21.9 Å². The van der Waals surface area contributed by atoms with Crippen LogP contribution in [0.5, 0.6) is 0 Å². The summed E-state index contributed by atoms with van der Waals surface area (Å²) in [6, 6.07) is 13.0. The molecule has 0 aliphatic rings. The van der Waals surface area contributed by atoms with Gasteiger partial charge in [0, 0.05) is 15.7 Å². The predicted octanol–water partition coefficient (Wildman–Crippen LogP) is 5.19. The Morgan fingerprint density at radius 1 is 1.24 bits per heavy atom. The highest BCUT2D eigenvalue weighted by Gasteiger charge is 2.11. The number of amides is 1. The number of halogens is 2. The standard InChI is InChI=1S/C17H13BrClN3O2S/c1-10-2-4-11(5-3-10)16-21-22-17(24-16)25-9-15(23)20-12-6-7-13(18)14(19)8-12/h2-8H,9H2,1H3,(H,20,23). The van der Waals surface area contributed by atoms with Crippen LogP contribution in [0.25, 0.3) is 11.5 Å². The summed E-state index contributed by atoms with van der Waals surface area (Å²) in [5.41, 5.74) is 2.63. The first kappa shape index (κ1) is 18.0. The summed E-state index contributed by atoms with van der Waals surface area (Å²) in [6.45, 7) is 2.01. The Balaban J connectivity index is 1.57. The number of nitrogens with one attached hydrogen (secondary N) is 1. The van der Waals surface area contributed by atoms with Crippen LogP contribution < -0.4 is 5.32 Å². The molecule has 1 amide bonds. The molecule has 1 N–H and O–H groups in total. The molecule has 3 rings (SSSR count). The van der Waals surface area contributed by atoms with Crippen molar-refractivity contribution in [1.29, 1.82) is 0 Å². The molecule has 0 atom stereocenters. The van der Waals surface area contributed by atoms with Crippen molar-refractivity contribution in [2.75, 3.05) is 11.1 Å². The number of rotatable bonds is 5. The van der Waals surface area contributed by atoms with Crippen LogP contribution in [0.1, 0.15) is 5.56 Å². The zero-order valence-electron chi connectivity index (χ0n) is 13.1. The molecule has 0 unspecified atom stereocenters. The molecule has 0 saturated carbocycles. The van der Waals surface area contributed by atoms with E-state index in [2.05, 4.69) is 31.4 Å². The van der Waals surface area contributed by atoms with Crippen LogP contribution in [0.2, 0.25) is 5.02 Å². The van der Waals surface area contributed by atoms with Crippen molar-refractivity contribution in [3.63, 3.8) is 0 Å². The molecule has 0 bridgehead atoms. The maximum Gasteiger partial charge on any atom is 0.277 e. The van der Waals surface area contributed by atoms with Gasteiger partial charge < -0.3 is 9.73 Å². The molecule has 8 heteroatoms. The first-order chi connectivity index (χ1) is 12.0. The molecule has 0 aliphatic carbocycles. The summed E-state index contributed by atoms with van der Waals surface area (Å²) in [5, 5.41) is 11.6. The van der Waals surface area contributed by atoms with E-state index in [0.717, 1.165) is 15.6 Å². The van der Waals surface area contributed by atoms with E-state index in [-0.39, 0.29) is 11.7 Å². The predicted molar refractivity (Wildman–Crippen MR) is 103 cm³/mol. The first-order valence-corrected chi connectivity index (χ1v) is 9.45. The normalized spacial score (nSPS) is 10.7. The summed E-state index contributed by atoms with van der Waals surface area (Å²) in [5.74, 6) is 0.407. The van der Waals surface area contributed by atoms with E-state index in [9.17, 15) is 4.79 Å². The lowest BCUT2D eigenvalue weighted by molar-refractivity contribution is -0.113. The summed E-state index contributed by atoms with van der Waals surface area (Å²) >= 11 is 10.5. The van der Waals surface area contributed by atoms with E-state index in [4.69, 9.17) is 16.0 Å². The molecule has 1 heterocycles. The summed E-state index contributed by atoms with van der Waals surface area (Å²) in [6.07, 6.45) is 0. The van der Waals surface area contributed by atoms with Crippen molar-refractivity contribution in [1.82, 2.24) is 10.2 Å². The monoisotopic (exact) mass is 437 g/mol. The van der Waals surface area contributed by atoms with E-state index in [0.29, 0.717) is 21.8 Å². The molecule has 0 fully saturated rings. The van der Waals surface area contributed by atoms with Gasteiger partial charge in [-0.25, -0.2) is 0 Å². The molecule has 1 aromatic heterocycles. The second-order valence-electron chi connectivity index (χ2n) is 5.20. The molecule has 128 valence electrons. The van der Waals surface area contributed by atoms with Crippen LogP contribution in [0.15, 0.2) is 56.6 Å². The molecule has 5 nitrogen and oxygen atoms in total. The third-order valence-corrected chi connectivity index (χ3v) is 5.29. The second kappa shape index (κ2) is 8.03. The number of aromatic nitrogens is 2. The number of anilines is 1. The fourth-order valence-electron chi connectivity index (χ4n) is 1.98. The van der Waals surface area contributed by atoms with Crippen LogP contribution in [0, 0.1) is 6.92 Å². The molecule has 0 spiro atoms. The Kier molecular flexibility index (Phi) is 5.78. The molecular formula is C17H13BrClN3O2S. The van der Waals surface area contributed by atoms with Gasteiger partial charge in [-0.15, -0.1) is 10.2 Å². The van der Waals surface area contributed by atoms with Gasteiger partial charge in [-0.1, -0.05) is 41.1 Å². The van der Waals surface area contributed by atoms with Crippen molar-refractivity contribution in [3.8, 4) is 11.5 Å². The maximum absolute atomic E-state index is 12.0. The van der Waals surface area contributed by atoms with Crippen LogP contribution in [0.3, 0.4) is 0 Å². The second-order valence-corrected chi connectivity index (χ2v) is 7.39. The highest BCUT2D eigenvalue weighted by molar-refractivity contribution is 9.10. The summed E-state index contributed by atoms with van der Waals surface area (Å²) in [4.78, 5) is 12.0. The number of thioether (sulfide) groups is 1. The number of hydrogen-bond acceptors (Lipinski definition) is 5. The third-order valence-electron chi connectivity index (χ3n) is 3.24. The van der Waals surface area contributed by atoms with E-state index in [1.54, 1.807) is 18.2 Å². The fraction of sp³-hybridized carbons (Fsp3) is 0.118. The number of nitrogens with zero attached hydrogens (tertiary/aromatic N) is 2. The van der Waals surface area contributed by atoms with Crippen LogP contribution in [0.4, 0.5) is 5.69 Å². The van der Waals surface area contributed by atoms with Gasteiger partial charge in [-0.2, -0.15) is 0 Å². The summed E-state index contributed by atoms with van der Waals surface area (Å²) in [7, 11) is 0. The molecule has 3 aromatic rings. The Labute approximate surface area is 162 Å². The summed E-state index contributed by atoms with van der Waals surface area (Å²) < 4.78 is 6.35. The number of carbonyl (C=O) groups is 1. The molecule has 0 radical (unpaired) electrons. The lowest BCUT2D eigenvalue weighted by Crippen LogP contribution is -2.13. The Morgan fingerprint density at radius 3 is 2.72 bits per heavy atom. The van der Waals surface area contributed by atoms with Crippen molar-refractivity contribution in [2.24, 2.45) is 0 Å². The van der Waals surface area contributed by atoms with Crippen LogP contribution in [-0.2, 0) is 4.79 Å². The Bertz CT molecular complexity index is 899. The molecule has 2 aromatic carbocycles.